The average molecular weight is 465 g/mol. The molecule has 2 aromatic carbocycles. The SMILES string of the molecule is O=C(/C=C/c1cccnc1)OCCc1c(-c2ccccc2Cl)c2cc(Cl)ccc2[nH]c1=O. The molecule has 0 saturated heterocycles. The average Bonchev–Trinajstić information content (AvgIpc) is 2.80. The highest BCUT2D eigenvalue weighted by Gasteiger charge is 2.17. The lowest BCUT2D eigenvalue weighted by molar-refractivity contribution is -0.137. The summed E-state index contributed by atoms with van der Waals surface area (Å²) in [5.74, 6) is -0.506. The molecule has 0 atom stereocenters. The Balaban J connectivity index is 1.64. The van der Waals surface area contributed by atoms with E-state index in [1.165, 1.54) is 6.08 Å². The molecule has 0 amide bonds. The van der Waals surface area contributed by atoms with Crippen molar-refractivity contribution in [3.05, 3.63) is 105 Å². The Labute approximate surface area is 194 Å². The summed E-state index contributed by atoms with van der Waals surface area (Å²) < 4.78 is 5.32. The molecule has 0 spiro atoms. The molecule has 0 radical (unpaired) electrons. The fraction of sp³-hybridized carbons (Fsp3) is 0.0800. The minimum Gasteiger partial charge on any atom is -0.462 e. The third-order valence-electron chi connectivity index (χ3n) is 4.91. The Kier molecular flexibility index (Phi) is 6.69. The number of carbonyl (C=O) groups is 1. The van der Waals surface area contributed by atoms with E-state index in [0.29, 0.717) is 32.3 Å². The minimum absolute atomic E-state index is 0.0306. The van der Waals surface area contributed by atoms with Crippen molar-refractivity contribution >= 4 is 46.2 Å². The normalized spacial score (nSPS) is 11.2. The molecule has 7 heteroatoms. The number of fused-ring (bicyclic) bond motifs is 1. The summed E-state index contributed by atoms with van der Waals surface area (Å²) in [5.41, 5.74) is 3.03. The lowest BCUT2D eigenvalue weighted by Gasteiger charge is -2.14. The van der Waals surface area contributed by atoms with Crippen molar-refractivity contribution in [2.75, 3.05) is 6.61 Å². The number of aromatic amines is 1. The molecule has 160 valence electrons. The summed E-state index contributed by atoms with van der Waals surface area (Å²) in [5, 5.41) is 1.82. The lowest BCUT2D eigenvalue weighted by atomic mass is 9.94. The topological polar surface area (TPSA) is 72.0 Å². The highest BCUT2D eigenvalue weighted by atomic mass is 35.5. The van der Waals surface area contributed by atoms with Crippen molar-refractivity contribution in [2.24, 2.45) is 0 Å². The minimum atomic E-state index is -0.506. The predicted molar refractivity (Wildman–Crippen MR) is 128 cm³/mol. The molecule has 2 aromatic heterocycles. The van der Waals surface area contributed by atoms with Gasteiger partial charge in [0.1, 0.15) is 0 Å². The molecule has 0 saturated carbocycles. The van der Waals surface area contributed by atoms with E-state index in [4.69, 9.17) is 27.9 Å². The van der Waals surface area contributed by atoms with Crippen molar-refractivity contribution < 1.29 is 9.53 Å². The summed E-state index contributed by atoms with van der Waals surface area (Å²) >= 11 is 12.7. The second kappa shape index (κ2) is 9.81. The van der Waals surface area contributed by atoms with Gasteiger partial charge in [0.05, 0.1) is 6.61 Å². The summed E-state index contributed by atoms with van der Waals surface area (Å²) in [7, 11) is 0. The van der Waals surface area contributed by atoms with Crippen molar-refractivity contribution in [3.63, 3.8) is 0 Å². The van der Waals surface area contributed by atoms with Crippen molar-refractivity contribution in [1.29, 1.82) is 0 Å². The van der Waals surface area contributed by atoms with Crippen LogP contribution in [0.15, 0.2) is 77.9 Å². The maximum atomic E-state index is 12.9. The van der Waals surface area contributed by atoms with Gasteiger partial charge < -0.3 is 9.72 Å². The first-order chi connectivity index (χ1) is 15.5. The molecule has 4 rings (SSSR count). The monoisotopic (exact) mass is 464 g/mol. The maximum Gasteiger partial charge on any atom is 0.330 e. The Bertz CT molecular complexity index is 1360. The number of nitrogens with zero attached hydrogens (tertiary/aromatic N) is 1. The first kappa shape index (κ1) is 21.8. The number of benzene rings is 2. The first-order valence-corrected chi connectivity index (χ1v) is 10.6. The Morgan fingerprint density at radius 1 is 1.09 bits per heavy atom. The van der Waals surface area contributed by atoms with Crippen LogP contribution in [0.4, 0.5) is 0 Å². The van der Waals surface area contributed by atoms with Gasteiger partial charge in [0, 0.05) is 62.5 Å². The summed E-state index contributed by atoms with van der Waals surface area (Å²) in [6.07, 6.45) is 6.45. The molecule has 2 heterocycles. The van der Waals surface area contributed by atoms with E-state index in [9.17, 15) is 9.59 Å². The quantitative estimate of drug-likeness (QED) is 0.293. The second-order valence-electron chi connectivity index (χ2n) is 7.01. The van der Waals surface area contributed by atoms with E-state index in [0.717, 1.165) is 10.9 Å². The number of nitrogens with one attached hydrogen (secondary N) is 1. The standard InChI is InChI=1S/C25H18Cl2N2O3/c26-17-8-9-22-20(14-17)24(18-5-1-2-6-21(18)27)19(25(31)29-22)11-13-32-23(30)10-7-16-4-3-12-28-15-16/h1-10,12,14-15H,11,13H2,(H,29,31)/b10-7+. The number of aromatic nitrogens is 2. The lowest BCUT2D eigenvalue weighted by Crippen LogP contribution is -2.17. The van der Waals surface area contributed by atoms with Crippen LogP contribution in [0.5, 0.6) is 0 Å². The van der Waals surface area contributed by atoms with Crippen LogP contribution in [-0.4, -0.2) is 22.5 Å². The number of carbonyl (C=O) groups excluding carboxylic acids is 1. The fourth-order valence-corrected chi connectivity index (χ4v) is 3.86. The van der Waals surface area contributed by atoms with Gasteiger partial charge in [0.2, 0.25) is 0 Å². The van der Waals surface area contributed by atoms with Crippen LogP contribution < -0.4 is 5.56 Å². The number of hydrogen-bond acceptors (Lipinski definition) is 4. The van der Waals surface area contributed by atoms with Crippen LogP contribution in [0.3, 0.4) is 0 Å². The number of esters is 1. The van der Waals surface area contributed by atoms with E-state index in [-0.39, 0.29) is 18.6 Å². The molecule has 0 aliphatic heterocycles. The highest BCUT2D eigenvalue weighted by Crippen LogP contribution is 2.35. The molecule has 32 heavy (non-hydrogen) atoms. The fourth-order valence-electron chi connectivity index (χ4n) is 3.46. The van der Waals surface area contributed by atoms with E-state index in [1.54, 1.807) is 48.8 Å². The number of rotatable bonds is 6. The number of pyridine rings is 2. The van der Waals surface area contributed by atoms with Crippen LogP contribution in [-0.2, 0) is 16.0 Å². The van der Waals surface area contributed by atoms with Gasteiger partial charge in [0.15, 0.2) is 0 Å². The van der Waals surface area contributed by atoms with Crippen molar-refractivity contribution in [3.8, 4) is 11.1 Å². The molecular weight excluding hydrogens is 447 g/mol. The molecule has 0 fully saturated rings. The Morgan fingerprint density at radius 3 is 2.72 bits per heavy atom. The van der Waals surface area contributed by atoms with Gasteiger partial charge in [-0.2, -0.15) is 0 Å². The van der Waals surface area contributed by atoms with E-state index >= 15 is 0 Å². The number of hydrogen-bond donors (Lipinski definition) is 1. The van der Waals surface area contributed by atoms with Gasteiger partial charge >= 0.3 is 5.97 Å². The molecule has 0 unspecified atom stereocenters. The highest BCUT2D eigenvalue weighted by molar-refractivity contribution is 6.34. The summed E-state index contributed by atoms with van der Waals surface area (Å²) in [6.45, 7) is 0.0306. The Hall–Kier alpha value is -3.41. The molecule has 5 nitrogen and oxygen atoms in total. The molecule has 0 bridgehead atoms. The van der Waals surface area contributed by atoms with Gasteiger partial charge in [-0.3, -0.25) is 9.78 Å². The zero-order chi connectivity index (χ0) is 22.5. The van der Waals surface area contributed by atoms with E-state index in [2.05, 4.69) is 9.97 Å². The third kappa shape index (κ3) is 4.90. The summed E-state index contributed by atoms with van der Waals surface area (Å²) in [4.78, 5) is 31.9. The van der Waals surface area contributed by atoms with Crippen LogP contribution in [0.1, 0.15) is 11.1 Å². The van der Waals surface area contributed by atoms with Crippen LogP contribution in [0.25, 0.3) is 28.1 Å². The van der Waals surface area contributed by atoms with Crippen molar-refractivity contribution in [2.45, 2.75) is 6.42 Å². The van der Waals surface area contributed by atoms with Crippen molar-refractivity contribution in [1.82, 2.24) is 9.97 Å². The van der Waals surface area contributed by atoms with Crippen LogP contribution in [0, 0.1) is 0 Å². The first-order valence-electron chi connectivity index (χ1n) is 9.87. The number of halogens is 2. The molecule has 0 aliphatic rings. The maximum absolute atomic E-state index is 12.9. The second-order valence-corrected chi connectivity index (χ2v) is 7.86. The zero-order valence-electron chi connectivity index (χ0n) is 16.8. The van der Waals surface area contributed by atoms with Gasteiger partial charge in [-0.1, -0.05) is 47.5 Å². The van der Waals surface area contributed by atoms with Crippen LogP contribution in [0.2, 0.25) is 10.0 Å². The summed E-state index contributed by atoms with van der Waals surface area (Å²) in [6, 6.07) is 16.2. The smallest absolute Gasteiger partial charge is 0.330 e. The largest absolute Gasteiger partial charge is 0.462 e. The number of H-pyrrole nitrogens is 1. The van der Waals surface area contributed by atoms with E-state index in [1.807, 2.05) is 24.3 Å². The Morgan fingerprint density at radius 2 is 1.94 bits per heavy atom. The molecule has 1 N–H and O–H groups in total. The number of ether oxygens (including phenoxy) is 1. The van der Waals surface area contributed by atoms with Gasteiger partial charge in [-0.05, 0) is 42.0 Å². The van der Waals surface area contributed by atoms with Gasteiger partial charge in [-0.15, -0.1) is 0 Å². The van der Waals surface area contributed by atoms with Crippen LogP contribution >= 0.6 is 23.2 Å². The third-order valence-corrected chi connectivity index (χ3v) is 5.48. The molecule has 0 aliphatic carbocycles. The molecular formula is C25H18Cl2N2O3. The zero-order valence-corrected chi connectivity index (χ0v) is 18.4. The van der Waals surface area contributed by atoms with Gasteiger partial charge in [0.25, 0.3) is 5.56 Å². The van der Waals surface area contributed by atoms with E-state index < -0.39 is 5.97 Å². The molecule has 4 aromatic rings. The van der Waals surface area contributed by atoms with Gasteiger partial charge in [-0.25, -0.2) is 4.79 Å². The predicted octanol–water partition coefficient (Wildman–Crippen LogP) is 5.70.